The van der Waals surface area contributed by atoms with E-state index in [0.29, 0.717) is 11.6 Å². The van der Waals surface area contributed by atoms with E-state index < -0.39 is 0 Å². The molecule has 4 aromatic rings. The summed E-state index contributed by atoms with van der Waals surface area (Å²) in [7, 11) is 1.62. The molecule has 2 N–H and O–H groups in total. The van der Waals surface area contributed by atoms with E-state index in [1.54, 1.807) is 13.3 Å². The minimum absolute atomic E-state index is 0.310. The second-order valence-corrected chi connectivity index (χ2v) is 6.18. The molecular formula is C17H13BrN6O. The number of anilines is 1. The lowest BCUT2D eigenvalue weighted by Crippen LogP contribution is -1.99. The molecular weight excluding hydrogens is 384 g/mol. The Hall–Kier alpha value is -3.00. The van der Waals surface area contributed by atoms with Gasteiger partial charge in [0.1, 0.15) is 11.3 Å². The van der Waals surface area contributed by atoms with Crippen molar-refractivity contribution in [1.82, 2.24) is 20.2 Å². The molecule has 0 spiro atoms. The summed E-state index contributed by atoms with van der Waals surface area (Å²) in [6.07, 6.45) is 1.64. The highest BCUT2D eigenvalue weighted by atomic mass is 79.9. The first-order chi connectivity index (χ1) is 12.2. The molecule has 2 aromatic heterocycles. The smallest absolute Gasteiger partial charge is 0.265 e. The Morgan fingerprint density at radius 2 is 2.08 bits per heavy atom. The van der Waals surface area contributed by atoms with Gasteiger partial charge in [0.25, 0.3) is 5.95 Å². The Balaban J connectivity index is 1.61. The fourth-order valence-corrected chi connectivity index (χ4v) is 2.91. The van der Waals surface area contributed by atoms with Crippen LogP contribution in [0.4, 0.5) is 5.95 Å². The number of hydrogen-bond acceptors (Lipinski definition) is 6. The monoisotopic (exact) mass is 396 g/mol. The molecule has 0 amide bonds. The van der Waals surface area contributed by atoms with Gasteiger partial charge in [-0.1, -0.05) is 34.1 Å². The molecule has 0 bridgehead atoms. The van der Waals surface area contributed by atoms with E-state index in [4.69, 9.17) is 4.74 Å². The van der Waals surface area contributed by atoms with E-state index in [2.05, 4.69) is 46.6 Å². The molecule has 0 fully saturated rings. The predicted octanol–water partition coefficient (Wildman–Crippen LogP) is 3.72. The molecule has 8 heteroatoms. The van der Waals surface area contributed by atoms with Crippen LogP contribution in [-0.4, -0.2) is 33.5 Å². The van der Waals surface area contributed by atoms with Crippen LogP contribution in [0.25, 0.3) is 22.1 Å². The summed E-state index contributed by atoms with van der Waals surface area (Å²) in [6, 6.07) is 13.5. The first-order valence-electron chi connectivity index (χ1n) is 7.48. The van der Waals surface area contributed by atoms with E-state index in [1.807, 2.05) is 42.5 Å². The van der Waals surface area contributed by atoms with Crippen LogP contribution < -0.4 is 10.2 Å². The zero-order valence-corrected chi connectivity index (χ0v) is 14.8. The number of hydrazone groups is 1. The minimum Gasteiger partial charge on any atom is -0.496 e. The van der Waals surface area contributed by atoms with Crippen LogP contribution in [0.15, 0.2) is 52.0 Å². The molecule has 0 radical (unpaired) electrons. The standard InChI is InChI=1S/C17H13BrN6O/c1-25-14-7-6-11(18)8-10(14)9-19-23-17-21-16-15(22-24-17)12-4-2-3-5-13(12)20-16/h2-9H,1H3,(H2,20,21,23,24)/b19-9-. The van der Waals surface area contributed by atoms with Crippen molar-refractivity contribution in [2.75, 3.05) is 12.5 Å². The number of para-hydroxylation sites is 1. The van der Waals surface area contributed by atoms with Gasteiger partial charge in [0, 0.05) is 20.9 Å². The van der Waals surface area contributed by atoms with Crippen molar-refractivity contribution < 1.29 is 4.74 Å². The van der Waals surface area contributed by atoms with E-state index in [9.17, 15) is 0 Å². The third-order valence-corrected chi connectivity index (χ3v) is 4.18. The van der Waals surface area contributed by atoms with Gasteiger partial charge in [-0.15, -0.1) is 10.2 Å². The predicted molar refractivity (Wildman–Crippen MR) is 101 cm³/mol. The zero-order chi connectivity index (χ0) is 17.2. The van der Waals surface area contributed by atoms with Gasteiger partial charge in [0.2, 0.25) is 0 Å². The number of fused-ring (bicyclic) bond motifs is 3. The summed E-state index contributed by atoms with van der Waals surface area (Å²) in [6.45, 7) is 0. The lowest BCUT2D eigenvalue weighted by molar-refractivity contribution is 0.414. The van der Waals surface area contributed by atoms with E-state index in [0.717, 1.165) is 32.2 Å². The first-order valence-corrected chi connectivity index (χ1v) is 8.27. The van der Waals surface area contributed by atoms with Gasteiger partial charge >= 0.3 is 0 Å². The summed E-state index contributed by atoms with van der Waals surface area (Å²) in [5.41, 5.74) is 5.98. The Labute approximate surface area is 151 Å². The van der Waals surface area contributed by atoms with Gasteiger partial charge < -0.3 is 9.72 Å². The maximum atomic E-state index is 5.31. The van der Waals surface area contributed by atoms with Crippen molar-refractivity contribution in [3.63, 3.8) is 0 Å². The number of nitrogens with zero attached hydrogens (tertiary/aromatic N) is 4. The van der Waals surface area contributed by atoms with Crippen LogP contribution in [0, 0.1) is 0 Å². The van der Waals surface area contributed by atoms with Crippen LogP contribution >= 0.6 is 15.9 Å². The average molecular weight is 397 g/mol. The highest BCUT2D eigenvalue weighted by Gasteiger charge is 2.08. The number of aromatic nitrogens is 4. The van der Waals surface area contributed by atoms with Gasteiger partial charge in [0.15, 0.2) is 5.65 Å². The van der Waals surface area contributed by atoms with Crippen molar-refractivity contribution >= 4 is 50.2 Å². The highest BCUT2D eigenvalue weighted by molar-refractivity contribution is 9.10. The third-order valence-electron chi connectivity index (χ3n) is 3.68. The largest absolute Gasteiger partial charge is 0.496 e. The van der Waals surface area contributed by atoms with Crippen LogP contribution in [0.1, 0.15) is 5.56 Å². The molecule has 124 valence electrons. The molecule has 0 saturated heterocycles. The summed E-state index contributed by atoms with van der Waals surface area (Å²) in [4.78, 5) is 7.63. The normalized spacial score (nSPS) is 11.4. The summed E-state index contributed by atoms with van der Waals surface area (Å²) in [5, 5.41) is 13.5. The molecule has 2 aromatic carbocycles. The molecule has 0 aliphatic heterocycles. The molecule has 7 nitrogen and oxygen atoms in total. The van der Waals surface area contributed by atoms with Gasteiger partial charge in [-0.3, -0.25) is 0 Å². The number of methoxy groups -OCH3 is 1. The molecule has 2 heterocycles. The van der Waals surface area contributed by atoms with Crippen molar-refractivity contribution in [2.45, 2.75) is 0 Å². The molecule has 4 rings (SSSR count). The maximum absolute atomic E-state index is 5.31. The quantitative estimate of drug-likeness (QED) is 0.405. The van der Waals surface area contributed by atoms with E-state index in [-0.39, 0.29) is 0 Å². The fraction of sp³-hybridized carbons (Fsp3) is 0.0588. The van der Waals surface area contributed by atoms with Crippen LogP contribution in [-0.2, 0) is 0 Å². The molecule has 0 atom stereocenters. The molecule has 25 heavy (non-hydrogen) atoms. The number of rotatable bonds is 4. The second-order valence-electron chi connectivity index (χ2n) is 5.26. The number of ether oxygens (including phenoxy) is 1. The Morgan fingerprint density at radius 1 is 1.20 bits per heavy atom. The van der Waals surface area contributed by atoms with Crippen molar-refractivity contribution in [3.8, 4) is 5.75 Å². The number of halogens is 1. The van der Waals surface area contributed by atoms with Crippen LogP contribution in [0.2, 0.25) is 0 Å². The first kappa shape index (κ1) is 15.5. The lowest BCUT2D eigenvalue weighted by Gasteiger charge is -2.04. The third kappa shape index (κ3) is 3.03. The topological polar surface area (TPSA) is 88.1 Å². The Kier molecular flexibility index (Phi) is 4.02. The van der Waals surface area contributed by atoms with Gasteiger partial charge in [-0.05, 0) is 24.3 Å². The zero-order valence-electron chi connectivity index (χ0n) is 13.2. The summed E-state index contributed by atoms with van der Waals surface area (Å²) in [5.74, 6) is 1.03. The molecule has 0 aliphatic carbocycles. The molecule has 0 aliphatic rings. The van der Waals surface area contributed by atoms with Crippen LogP contribution in [0.3, 0.4) is 0 Å². The van der Waals surface area contributed by atoms with Gasteiger partial charge in [-0.2, -0.15) is 10.1 Å². The van der Waals surface area contributed by atoms with Crippen molar-refractivity contribution in [3.05, 3.63) is 52.5 Å². The van der Waals surface area contributed by atoms with Gasteiger partial charge in [-0.25, -0.2) is 5.43 Å². The minimum atomic E-state index is 0.310. The summed E-state index contributed by atoms with van der Waals surface area (Å²) >= 11 is 3.43. The average Bonchev–Trinajstić information content (AvgIpc) is 3.00. The number of hydrogen-bond donors (Lipinski definition) is 2. The van der Waals surface area contributed by atoms with Crippen molar-refractivity contribution in [1.29, 1.82) is 0 Å². The number of aromatic amines is 1. The fourth-order valence-electron chi connectivity index (χ4n) is 2.53. The molecule has 0 unspecified atom stereocenters. The van der Waals surface area contributed by atoms with E-state index in [1.165, 1.54) is 0 Å². The lowest BCUT2D eigenvalue weighted by atomic mass is 10.2. The number of benzene rings is 2. The maximum Gasteiger partial charge on any atom is 0.265 e. The number of H-pyrrole nitrogens is 1. The summed E-state index contributed by atoms with van der Waals surface area (Å²) < 4.78 is 6.24. The number of nitrogens with one attached hydrogen (secondary N) is 2. The van der Waals surface area contributed by atoms with Gasteiger partial charge in [0.05, 0.1) is 13.3 Å². The SMILES string of the molecule is COc1ccc(Br)cc1/C=N\Nc1nnc2c(n1)[nH]c1ccccc12. The van der Waals surface area contributed by atoms with Crippen LogP contribution in [0.5, 0.6) is 5.75 Å². The molecule has 0 saturated carbocycles. The van der Waals surface area contributed by atoms with Crippen molar-refractivity contribution in [2.24, 2.45) is 5.10 Å². The Bertz CT molecular complexity index is 1090. The van der Waals surface area contributed by atoms with E-state index >= 15 is 0 Å². The highest BCUT2D eigenvalue weighted by Crippen LogP contribution is 2.22. The second kappa shape index (κ2) is 6.48. The Morgan fingerprint density at radius 3 is 2.96 bits per heavy atom.